The molecule has 0 unspecified atom stereocenters. The van der Waals surface area contributed by atoms with Gasteiger partial charge in [0.1, 0.15) is 5.82 Å². The molecule has 1 atom stereocenters. The summed E-state index contributed by atoms with van der Waals surface area (Å²) in [5.41, 5.74) is 2.83. The molecule has 2 heterocycles. The van der Waals surface area contributed by atoms with E-state index in [-0.39, 0.29) is 6.04 Å². The largest absolute Gasteiger partial charge is 0.343 e. The number of H-pyrrole nitrogens is 1. The number of nitrogens with zero attached hydrogens (tertiary/aromatic N) is 2. The third-order valence-corrected chi connectivity index (χ3v) is 4.09. The van der Waals surface area contributed by atoms with Crippen LogP contribution in [0.3, 0.4) is 0 Å². The minimum Gasteiger partial charge on any atom is -0.343 e. The van der Waals surface area contributed by atoms with Gasteiger partial charge in [-0.3, -0.25) is 0 Å². The molecule has 0 spiro atoms. The zero-order chi connectivity index (χ0) is 13.9. The van der Waals surface area contributed by atoms with Crippen LogP contribution in [0.15, 0.2) is 28.7 Å². The van der Waals surface area contributed by atoms with Crippen LogP contribution in [0.25, 0.3) is 11.3 Å². The van der Waals surface area contributed by atoms with Gasteiger partial charge in [0.15, 0.2) is 0 Å². The monoisotopic (exact) mass is 330 g/mol. The zero-order valence-corrected chi connectivity index (χ0v) is 12.6. The Morgan fingerprint density at radius 2 is 2.15 bits per heavy atom. The first-order valence-corrected chi connectivity index (χ1v) is 7.52. The third-order valence-electron chi connectivity index (χ3n) is 3.56. The molecule has 1 saturated heterocycles. The number of hydrogen-bond donors (Lipinski definition) is 2. The highest BCUT2D eigenvalue weighted by molar-refractivity contribution is 9.10. The highest BCUT2D eigenvalue weighted by atomic mass is 79.9. The Hall–Kier alpha value is -1.64. The maximum absolute atomic E-state index is 8.99. The van der Waals surface area contributed by atoms with E-state index in [9.17, 15) is 0 Å². The van der Waals surface area contributed by atoms with Crippen molar-refractivity contribution < 1.29 is 0 Å². The molecule has 1 aliphatic rings. The molecule has 1 fully saturated rings. The number of aromatic amines is 1. The van der Waals surface area contributed by atoms with Crippen molar-refractivity contribution in [3.05, 3.63) is 40.3 Å². The van der Waals surface area contributed by atoms with Gasteiger partial charge < -0.3 is 10.3 Å². The quantitative estimate of drug-likeness (QED) is 0.907. The predicted octanol–water partition coefficient (Wildman–Crippen LogP) is 3.33. The molecule has 0 bridgehead atoms. The van der Waals surface area contributed by atoms with E-state index in [4.69, 9.17) is 10.2 Å². The fourth-order valence-corrected chi connectivity index (χ4v) is 2.83. The number of rotatable bonds is 3. The predicted molar refractivity (Wildman–Crippen MR) is 81.0 cm³/mol. The third kappa shape index (κ3) is 2.62. The van der Waals surface area contributed by atoms with Gasteiger partial charge in [-0.25, -0.2) is 4.98 Å². The van der Waals surface area contributed by atoms with Gasteiger partial charge in [0.25, 0.3) is 0 Å². The van der Waals surface area contributed by atoms with E-state index in [1.807, 2.05) is 24.3 Å². The van der Waals surface area contributed by atoms with Crippen molar-refractivity contribution in [3.8, 4) is 17.3 Å². The van der Waals surface area contributed by atoms with E-state index in [1.165, 1.54) is 6.42 Å². The number of benzene rings is 1. The molecule has 0 saturated carbocycles. The summed E-state index contributed by atoms with van der Waals surface area (Å²) in [4.78, 5) is 8.06. The average molecular weight is 331 g/mol. The number of aromatic nitrogens is 2. The second-order valence-electron chi connectivity index (χ2n) is 4.94. The van der Waals surface area contributed by atoms with Crippen molar-refractivity contribution in [2.75, 3.05) is 6.54 Å². The van der Waals surface area contributed by atoms with Gasteiger partial charge in [-0.15, -0.1) is 0 Å². The summed E-state index contributed by atoms with van der Waals surface area (Å²) in [7, 11) is 0. The minimum atomic E-state index is 0.289. The SMILES string of the molecule is N#CCc1[nH]c([C@@H]2CCCN2)nc1-c1ccc(Br)cc1. The van der Waals surface area contributed by atoms with E-state index >= 15 is 0 Å². The fourth-order valence-electron chi connectivity index (χ4n) is 2.57. The van der Waals surface area contributed by atoms with Crippen molar-refractivity contribution in [1.82, 2.24) is 15.3 Å². The molecule has 2 N–H and O–H groups in total. The van der Waals surface area contributed by atoms with E-state index in [0.29, 0.717) is 6.42 Å². The van der Waals surface area contributed by atoms with Crippen LogP contribution in [0.2, 0.25) is 0 Å². The highest BCUT2D eigenvalue weighted by Gasteiger charge is 2.21. The van der Waals surface area contributed by atoms with Crippen molar-refractivity contribution >= 4 is 15.9 Å². The van der Waals surface area contributed by atoms with E-state index < -0.39 is 0 Å². The molecule has 20 heavy (non-hydrogen) atoms. The maximum atomic E-state index is 8.99. The second-order valence-corrected chi connectivity index (χ2v) is 5.86. The molecule has 5 heteroatoms. The van der Waals surface area contributed by atoms with Gasteiger partial charge in [0.2, 0.25) is 0 Å². The molecule has 3 rings (SSSR count). The summed E-state index contributed by atoms with van der Waals surface area (Å²) in [6.45, 7) is 1.03. The standard InChI is InChI=1S/C15H15BrN4/c16-11-5-3-10(4-6-11)14-12(7-8-17)19-15(20-14)13-2-1-9-18-13/h3-6,13,18H,1-2,7,9H2,(H,19,20)/t13-/m0/s1. The lowest BCUT2D eigenvalue weighted by Gasteiger charge is -2.04. The van der Waals surface area contributed by atoms with E-state index in [0.717, 1.165) is 40.2 Å². The van der Waals surface area contributed by atoms with E-state index in [2.05, 4.69) is 32.3 Å². The normalized spacial score (nSPS) is 18.1. The molecule has 0 radical (unpaired) electrons. The Balaban J connectivity index is 1.99. The van der Waals surface area contributed by atoms with Crippen LogP contribution in [0, 0.1) is 11.3 Å². The number of nitrogens with one attached hydrogen (secondary N) is 2. The van der Waals surface area contributed by atoms with Crippen LogP contribution < -0.4 is 5.32 Å². The van der Waals surface area contributed by atoms with Crippen LogP contribution in [-0.2, 0) is 6.42 Å². The van der Waals surface area contributed by atoms with Crippen LogP contribution in [-0.4, -0.2) is 16.5 Å². The number of nitriles is 1. The molecule has 0 amide bonds. The van der Waals surface area contributed by atoms with Gasteiger partial charge in [-0.05, 0) is 31.5 Å². The molecule has 1 aliphatic heterocycles. The van der Waals surface area contributed by atoms with Crippen LogP contribution in [0.4, 0.5) is 0 Å². The Morgan fingerprint density at radius 3 is 2.80 bits per heavy atom. The number of hydrogen-bond acceptors (Lipinski definition) is 3. The molecular formula is C15H15BrN4. The fraction of sp³-hybridized carbons (Fsp3) is 0.333. The van der Waals surface area contributed by atoms with Crippen LogP contribution >= 0.6 is 15.9 Å². The topological polar surface area (TPSA) is 64.5 Å². The summed E-state index contributed by atoms with van der Waals surface area (Å²) in [5.74, 6) is 0.950. The molecule has 1 aromatic carbocycles. The Labute approximate surface area is 126 Å². The average Bonchev–Trinajstić information content (AvgIpc) is 3.09. The Morgan fingerprint density at radius 1 is 1.35 bits per heavy atom. The Bertz CT molecular complexity index is 633. The molecule has 102 valence electrons. The summed E-state index contributed by atoms with van der Waals surface area (Å²) in [5, 5.41) is 12.4. The van der Waals surface area contributed by atoms with Gasteiger partial charge >= 0.3 is 0 Å². The number of imidazole rings is 1. The van der Waals surface area contributed by atoms with Gasteiger partial charge in [-0.2, -0.15) is 5.26 Å². The first-order chi connectivity index (χ1) is 9.78. The lowest BCUT2D eigenvalue weighted by Crippen LogP contribution is -2.14. The summed E-state index contributed by atoms with van der Waals surface area (Å²) >= 11 is 3.44. The van der Waals surface area contributed by atoms with Crippen LogP contribution in [0.1, 0.15) is 30.4 Å². The lowest BCUT2D eigenvalue weighted by molar-refractivity contribution is 0.611. The van der Waals surface area contributed by atoms with Crippen molar-refractivity contribution in [2.24, 2.45) is 0 Å². The first-order valence-electron chi connectivity index (χ1n) is 6.73. The molecule has 2 aromatic rings. The first kappa shape index (κ1) is 13.3. The maximum Gasteiger partial charge on any atom is 0.124 e. The van der Waals surface area contributed by atoms with Crippen LogP contribution in [0.5, 0.6) is 0 Å². The number of halogens is 1. The summed E-state index contributed by atoms with van der Waals surface area (Å²) in [6, 6.07) is 10.5. The Kier molecular flexibility index (Phi) is 3.86. The summed E-state index contributed by atoms with van der Waals surface area (Å²) < 4.78 is 1.04. The minimum absolute atomic E-state index is 0.289. The van der Waals surface area contributed by atoms with Crippen molar-refractivity contribution in [2.45, 2.75) is 25.3 Å². The van der Waals surface area contributed by atoms with Crippen molar-refractivity contribution in [3.63, 3.8) is 0 Å². The van der Waals surface area contributed by atoms with Gasteiger partial charge in [0.05, 0.1) is 29.9 Å². The van der Waals surface area contributed by atoms with Gasteiger partial charge in [0, 0.05) is 10.0 Å². The highest BCUT2D eigenvalue weighted by Crippen LogP contribution is 2.28. The second kappa shape index (κ2) is 5.78. The zero-order valence-electron chi connectivity index (χ0n) is 11.0. The lowest BCUT2D eigenvalue weighted by atomic mass is 10.1. The molecular weight excluding hydrogens is 316 g/mol. The van der Waals surface area contributed by atoms with E-state index in [1.54, 1.807) is 0 Å². The molecule has 1 aromatic heterocycles. The van der Waals surface area contributed by atoms with Gasteiger partial charge in [-0.1, -0.05) is 28.1 Å². The smallest absolute Gasteiger partial charge is 0.124 e. The molecule has 4 nitrogen and oxygen atoms in total. The van der Waals surface area contributed by atoms with Crippen molar-refractivity contribution in [1.29, 1.82) is 5.26 Å². The molecule has 0 aliphatic carbocycles. The summed E-state index contributed by atoms with van der Waals surface area (Å²) in [6.07, 6.45) is 2.62.